The van der Waals surface area contributed by atoms with E-state index in [-0.39, 0.29) is 0 Å². The zero-order valence-corrected chi connectivity index (χ0v) is 10.3. The topological polar surface area (TPSA) is 34.1 Å². The van der Waals surface area contributed by atoms with Gasteiger partial charge < -0.3 is 0 Å². The summed E-state index contributed by atoms with van der Waals surface area (Å²) in [6.07, 6.45) is 0. The predicted octanol–water partition coefficient (Wildman–Crippen LogP) is 3.47. The van der Waals surface area contributed by atoms with Crippen LogP contribution >= 0.6 is 10.7 Å². The lowest BCUT2D eigenvalue weighted by Gasteiger charge is -2.08. The van der Waals surface area contributed by atoms with Crippen molar-refractivity contribution in [3.05, 3.63) is 48.0 Å². The molecule has 2 aromatic carbocycles. The Kier molecular flexibility index (Phi) is 2.91. The Hall–Kier alpha value is -1.06. The number of rotatable bonds is 2. The van der Waals surface area contributed by atoms with Crippen LogP contribution in [0.3, 0.4) is 0 Å². The van der Waals surface area contributed by atoms with Gasteiger partial charge in [0.1, 0.15) is 0 Å². The van der Waals surface area contributed by atoms with Crippen LogP contribution in [-0.2, 0) is 9.05 Å². The summed E-state index contributed by atoms with van der Waals surface area (Å²) >= 11 is 0. The largest absolute Gasteiger partial charge is 0.239 e. The molecule has 0 saturated heterocycles. The first kappa shape index (κ1) is 11.4. The lowest BCUT2D eigenvalue weighted by molar-refractivity contribution is 0.600. The van der Waals surface area contributed by atoms with E-state index in [1.54, 1.807) is 13.0 Å². The van der Waals surface area contributed by atoms with Gasteiger partial charge in [-0.15, -0.1) is 0 Å². The van der Waals surface area contributed by atoms with Gasteiger partial charge in [-0.05, 0) is 29.3 Å². The lowest BCUT2D eigenvalue weighted by Crippen LogP contribution is -2.02. The highest BCUT2D eigenvalue weighted by Gasteiger charge is 2.19. The maximum atomic E-state index is 11.2. The molecule has 0 N–H and O–H groups in total. The molecule has 0 heterocycles. The van der Waals surface area contributed by atoms with Gasteiger partial charge in [0, 0.05) is 10.7 Å². The standard InChI is InChI=1S/C12H11ClO2S/c1-9(16(13,14)15)11-7-6-10-4-2-3-5-12(10)8-11/h2-9H,1H3. The quantitative estimate of drug-likeness (QED) is 0.769. The fraction of sp³-hybridized carbons (Fsp3) is 0.167. The van der Waals surface area contributed by atoms with Crippen LogP contribution in [0.2, 0.25) is 0 Å². The number of hydrogen-bond acceptors (Lipinski definition) is 2. The van der Waals surface area contributed by atoms with E-state index >= 15 is 0 Å². The fourth-order valence-corrected chi connectivity index (χ4v) is 2.40. The van der Waals surface area contributed by atoms with Crippen LogP contribution < -0.4 is 0 Å². The monoisotopic (exact) mass is 254 g/mol. The molecule has 4 heteroatoms. The third kappa shape index (κ3) is 2.20. The molecule has 0 aliphatic heterocycles. The molecule has 0 spiro atoms. The second-order valence-corrected chi connectivity index (χ2v) is 6.67. The van der Waals surface area contributed by atoms with Gasteiger partial charge >= 0.3 is 0 Å². The van der Waals surface area contributed by atoms with Crippen molar-refractivity contribution in [3.8, 4) is 0 Å². The van der Waals surface area contributed by atoms with Gasteiger partial charge in [-0.1, -0.05) is 36.4 Å². The third-order valence-electron chi connectivity index (χ3n) is 2.67. The van der Waals surface area contributed by atoms with Crippen LogP contribution in [0.25, 0.3) is 10.8 Å². The van der Waals surface area contributed by atoms with Crippen LogP contribution in [0.4, 0.5) is 0 Å². The highest BCUT2D eigenvalue weighted by atomic mass is 35.7. The molecule has 0 aliphatic carbocycles. The van der Waals surface area contributed by atoms with Gasteiger partial charge in [-0.3, -0.25) is 0 Å². The highest BCUT2D eigenvalue weighted by Crippen LogP contribution is 2.27. The van der Waals surface area contributed by atoms with Gasteiger partial charge in [0.25, 0.3) is 0 Å². The van der Waals surface area contributed by atoms with Crippen molar-refractivity contribution in [3.63, 3.8) is 0 Å². The van der Waals surface area contributed by atoms with Crippen molar-refractivity contribution in [1.29, 1.82) is 0 Å². The van der Waals surface area contributed by atoms with Crippen LogP contribution in [0, 0.1) is 0 Å². The van der Waals surface area contributed by atoms with Gasteiger partial charge in [-0.25, -0.2) is 8.42 Å². The Morgan fingerprint density at radius 3 is 2.31 bits per heavy atom. The normalized spacial score (nSPS) is 13.9. The summed E-state index contributed by atoms with van der Waals surface area (Å²) in [6, 6.07) is 13.4. The highest BCUT2D eigenvalue weighted by molar-refractivity contribution is 8.13. The predicted molar refractivity (Wildman–Crippen MR) is 67.1 cm³/mol. The van der Waals surface area contributed by atoms with Gasteiger partial charge in [0.15, 0.2) is 0 Å². The van der Waals surface area contributed by atoms with E-state index in [2.05, 4.69) is 0 Å². The molecule has 2 aromatic rings. The second kappa shape index (κ2) is 4.07. The van der Waals surface area contributed by atoms with Crippen LogP contribution in [-0.4, -0.2) is 8.42 Å². The molecule has 1 unspecified atom stereocenters. The number of fused-ring (bicyclic) bond motifs is 1. The zero-order chi connectivity index (χ0) is 11.8. The molecule has 0 aromatic heterocycles. The van der Waals surface area contributed by atoms with Crippen LogP contribution in [0.15, 0.2) is 42.5 Å². The Labute approximate surface area is 99.3 Å². The first-order chi connectivity index (χ1) is 7.48. The Morgan fingerprint density at radius 2 is 1.69 bits per heavy atom. The molecule has 2 nitrogen and oxygen atoms in total. The molecule has 0 bridgehead atoms. The summed E-state index contributed by atoms with van der Waals surface area (Å²) in [7, 11) is 1.79. The molecule has 0 amide bonds. The van der Waals surface area contributed by atoms with E-state index in [9.17, 15) is 8.42 Å². The van der Waals surface area contributed by atoms with Gasteiger partial charge in [-0.2, -0.15) is 0 Å². The Balaban J connectivity index is 2.55. The lowest BCUT2D eigenvalue weighted by atomic mass is 10.1. The van der Waals surface area contributed by atoms with Crippen molar-refractivity contribution in [2.45, 2.75) is 12.2 Å². The molecule has 0 saturated carbocycles. The number of halogens is 1. The van der Waals surface area contributed by atoms with E-state index in [4.69, 9.17) is 10.7 Å². The molecule has 0 radical (unpaired) electrons. The van der Waals surface area contributed by atoms with Crippen molar-refractivity contribution in [2.24, 2.45) is 0 Å². The maximum absolute atomic E-state index is 11.2. The summed E-state index contributed by atoms with van der Waals surface area (Å²) in [5.41, 5.74) is 0.716. The molecular formula is C12H11ClO2S. The summed E-state index contributed by atoms with van der Waals surface area (Å²) < 4.78 is 22.5. The van der Waals surface area contributed by atoms with Crippen LogP contribution in [0.1, 0.15) is 17.7 Å². The Morgan fingerprint density at radius 1 is 1.06 bits per heavy atom. The molecule has 1 atom stereocenters. The molecule has 84 valence electrons. The van der Waals surface area contributed by atoms with Crippen molar-refractivity contribution >= 4 is 30.5 Å². The fourth-order valence-electron chi connectivity index (χ4n) is 1.62. The number of benzene rings is 2. The summed E-state index contributed by atoms with van der Waals surface area (Å²) in [4.78, 5) is 0. The summed E-state index contributed by atoms with van der Waals surface area (Å²) in [5, 5.41) is 1.43. The average molecular weight is 255 g/mol. The van der Waals surface area contributed by atoms with Crippen LogP contribution in [0.5, 0.6) is 0 Å². The van der Waals surface area contributed by atoms with Crippen molar-refractivity contribution < 1.29 is 8.42 Å². The van der Waals surface area contributed by atoms with Crippen molar-refractivity contribution in [1.82, 2.24) is 0 Å². The van der Waals surface area contributed by atoms with E-state index < -0.39 is 14.3 Å². The van der Waals surface area contributed by atoms with Crippen molar-refractivity contribution in [2.75, 3.05) is 0 Å². The molecule has 0 fully saturated rings. The SMILES string of the molecule is CC(c1ccc2ccccc2c1)S(=O)(=O)Cl. The summed E-state index contributed by atoms with van der Waals surface area (Å²) in [5.74, 6) is 0. The first-order valence-corrected chi connectivity index (χ1v) is 7.28. The average Bonchev–Trinajstić information content (AvgIpc) is 2.26. The third-order valence-corrected chi connectivity index (χ3v) is 4.58. The maximum Gasteiger partial charge on any atom is 0.239 e. The molecule has 16 heavy (non-hydrogen) atoms. The minimum absolute atomic E-state index is 0.682. The van der Waals surface area contributed by atoms with Gasteiger partial charge in [0.2, 0.25) is 9.05 Å². The minimum Gasteiger partial charge on any atom is -0.212 e. The zero-order valence-electron chi connectivity index (χ0n) is 8.72. The molecule has 2 rings (SSSR count). The van der Waals surface area contributed by atoms with E-state index in [0.717, 1.165) is 10.8 Å². The second-order valence-electron chi connectivity index (χ2n) is 3.72. The van der Waals surface area contributed by atoms with E-state index in [0.29, 0.717) is 5.56 Å². The minimum atomic E-state index is -3.55. The number of hydrogen-bond donors (Lipinski definition) is 0. The summed E-state index contributed by atoms with van der Waals surface area (Å²) in [6.45, 7) is 1.59. The molecular weight excluding hydrogens is 244 g/mol. The first-order valence-electron chi connectivity index (χ1n) is 4.90. The smallest absolute Gasteiger partial charge is 0.212 e. The Bertz CT molecular complexity index is 620. The van der Waals surface area contributed by atoms with E-state index in [1.807, 2.05) is 36.4 Å². The molecule has 0 aliphatic rings. The van der Waals surface area contributed by atoms with Gasteiger partial charge in [0.05, 0.1) is 5.25 Å². The van der Waals surface area contributed by atoms with E-state index in [1.165, 1.54) is 0 Å².